The molecule has 0 amide bonds. The summed E-state index contributed by atoms with van der Waals surface area (Å²) in [5.74, 6) is 8.13. The van der Waals surface area contributed by atoms with Gasteiger partial charge in [-0.05, 0) is 43.9 Å². The number of hydrogen-bond donors (Lipinski definition) is 2. The minimum Gasteiger partial charge on any atom is -0.328 e. The maximum Gasteiger partial charge on any atom is 0.264 e. The van der Waals surface area contributed by atoms with E-state index in [0.717, 1.165) is 70.6 Å². The molecule has 3 aromatic rings. The molecule has 33 heavy (non-hydrogen) atoms. The van der Waals surface area contributed by atoms with Gasteiger partial charge in [0.15, 0.2) is 0 Å². The van der Waals surface area contributed by atoms with Crippen LogP contribution in [0.4, 0.5) is 0 Å². The van der Waals surface area contributed by atoms with E-state index in [4.69, 9.17) is 21.6 Å². The summed E-state index contributed by atoms with van der Waals surface area (Å²) in [6, 6.07) is 21.0. The largest absolute Gasteiger partial charge is 0.328 e. The average molecular weight is 436 g/mol. The zero-order chi connectivity index (χ0) is 22.4. The third-order valence-corrected chi connectivity index (χ3v) is 7.00. The molecule has 164 valence electrons. The molecule has 2 aromatic carbocycles. The van der Waals surface area contributed by atoms with Crippen LogP contribution in [0.25, 0.3) is 22.2 Å². The first-order valence-corrected chi connectivity index (χ1v) is 11.6. The molecule has 2 aliphatic heterocycles. The van der Waals surface area contributed by atoms with Crippen molar-refractivity contribution in [2.45, 2.75) is 31.7 Å². The highest BCUT2D eigenvalue weighted by Crippen LogP contribution is 2.39. The molecule has 1 aliphatic carbocycles. The van der Waals surface area contributed by atoms with Crippen molar-refractivity contribution in [3.8, 4) is 11.3 Å². The summed E-state index contributed by atoms with van der Waals surface area (Å²) in [7, 11) is 0. The quantitative estimate of drug-likeness (QED) is 0.464. The molecule has 6 heteroatoms. The molecule has 0 spiro atoms. The summed E-state index contributed by atoms with van der Waals surface area (Å²) in [6.45, 7) is 0. The van der Waals surface area contributed by atoms with Crippen LogP contribution in [0.15, 0.2) is 94.4 Å². The molecule has 1 aromatic heterocycles. The zero-order valence-corrected chi connectivity index (χ0v) is 18.4. The number of nitrogens with two attached hydrogens (primary N) is 2. The Morgan fingerprint density at radius 3 is 2.48 bits per heavy atom. The number of allylic oxidation sites excluding steroid dienone is 2. The number of aliphatic imine (C=N–C) groups is 2. The van der Waals surface area contributed by atoms with Gasteiger partial charge in [0.2, 0.25) is 5.70 Å². The smallest absolute Gasteiger partial charge is 0.264 e. The fraction of sp³-hybridized carbons (Fsp3) is 0.222. The summed E-state index contributed by atoms with van der Waals surface area (Å²) >= 11 is 0. The lowest BCUT2D eigenvalue weighted by Gasteiger charge is -2.28. The summed E-state index contributed by atoms with van der Waals surface area (Å²) in [5.41, 5.74) is 12.1. The maximum atomic E-state index is 6.96. The Kier molecular flexibility index (Phi) is 4.80. The second-order valence-corrected chi connectivity index (χ2v) is 9.14. The molecule has 0 radical (unpaired) electrons. The fourth-order valence-electron chi connectivity index (χ4n) is 5.12. The Balaban J connectivity index is 1.43. The number of amidine groups is 1. The van der Waals surface area contributed by atoms with Gasteiger partial charge >= 0.3 is 0 Å². The summed E-state index contributed by atoms with van der Waals surface area (Å²) in [5, 5.41) is 1.09. The lowest BCUT2D eigenvalue weighted by molar-refractivity contribution is -0.750. The number of fused-ring (bicyclic) bond motifs is 2. The van der Waals surface area contributed by atoms with Crippen LogP contribution in [-0.2, 0) is 0 Å². The van der Waals surface area contributed by atoms with E-state index in [9.17, 15) is 0 Å². The highest BCUT2D eigenvalue weighted by atomic mass is 15.6. The van der Waals surface area contributed by atoms with Gasteiger partial charge < -0.3 is 5.73 Å². The zero-order valence-electron chi connectivity index (χ0n) is 18.4. The van der Waals surface area contributed by atoms with Gasteiger partial charge in [-0.1, -0.05) is 42.5 Å². The summed E-state index contributed by atoms with van der Waals surface area (Å²) in [4.78, 5) is 14.5. The predicted octanol–water partition coefficient (Wildman–Crippen LogP) is 4.64. The lowest BCUT2D eigenvalue weighted by Crippen LogP contribution is -2.53. The first-order chi connectivity index (χ1) is 16.1. The van der Waals surface area contributed by atoms with E-state index >= 15 is 0 Å². The number of nitrogens with zero attached hydrogens (tertiary/aromatic N) is 4. The normalized spacial score (nSPS) is 26.5. The van der Waals surface area contributed by atoms with E-state index in [-0.39, 0.29) is 4.59 Å². The number of rotatable bonds is 3. The minimum absolute atomic E-state index is 0.0469. The second-order valence-electron chi connectivity index (χ2n) is 9.14. The van der Waals surface area contributed by atoms with Crippen molar-refractivity contribution in [3.63, 3.8) is 0 Å². The molecule has 1 unspecified atom stereocenters. The van der Waals surface area contributed by atoms with Crippen LogP contribution < -0.4 is 11.6 Å². The Labute approximate surface area is 193 Å². The molecular formula is C27H27N6+. The third kappa shape index (κ3) is 3.43. The van der Waals surface area contributed by atoms with Gasteiger partial charge in [-0.25, -0.2) is 4.98 Å². The molecule has 1 saturated carbocycles. The van der Waals surface area contributed by atoms with Crippen molar-refractivity contribution in [3.05, 3.63) is 90.0 Å². The van der Waals surface area contributed by atoms with Gasteiger partial charge in [0, 0.05) is 22.9 Å². The van der Waals surface area contributed by atoms with Crippen LogP contribution >= 0.6 is 0 Å². The fourth-order valence-corrected chi connectivity index (χ4v) is 5.12. The van der Waals surface area contributed by atoms with Crippen LogP contribution in [0.1, 0.15) is 31.2 Å². The molecule has 1 atom stereocenters. The first-order valence-electron chi connectivity index (χ1n) is 11.6. The van der Waals surface area contributed by atoms with E-state index in [1.807, 2.05) is 30.6 Å². The lowest BCUT2D eigenvalue weighted by atomic mass is 9.84. The number of pyridine rings is 1. The Morgan fingerprint density at radius 1 is 0.879 bits per heavy atom. The number of benzene rings is 2. The number of aromatic nitrogens is 1. The molecule has 6 rings (SSSR count). The van der Waals surface area contributed by atoms with Crippen LogP contribution in [0.3, 0.4) is 0 Å². The van der Waals surface area contributed by atoms with Gasteiger partial charge in [-0.15, -0.1) is 4.59 Å². The number of hydrogen-bond acceptors (Lipinski definition) is 5. The molecule has 0 bridgehead atoms. The standard InChI is InChI=1S/C27H27N6/c28-22-11-8-20(9-12-22)26-25-17-30-14-15-33(25,29)27(32-26)21-7-6-19-10-13-23(31-24(19)16-21)18-4-2-1-3-5-18/h1-7,10,13-17,20,22H,8-9,11-12,28-29H2/q+1. The summed E-state index contributed by atoms with van der Waals surface area (Å²) < 4.78 is 0.0469. The number of quaternary nitrogens is 1. The van der Waals surface area contributed by atoms with Crippen LogP contribution in [0.2, 0.25) is 0 Å². The molecule has 3 aliphatic rings. The molecule has 0 saturated heterocycles. The van der Waals surface area contributed by atoms with Crippen LogP contribution in [0, 0.1) is 5.92 Å². The second kappa shape index (κ2) is 7.85. The van der Waals surface area contributed by atoms with Crippen molar-refractivity contribution in [2.24, 2.45) is 27.5 Å². The van der Waals surface area contributed by atoms with Gasteiger partial charge in [0.05, 0.1) is 29.2 Å². The monoisotopic (exact) mass is 435 g/mol. The molecule has 3 heterocycles. The molecule has 4 N–H and O–H groups in total. The van der Waals surface area contributed by atoms with Crippen molar-refractivity contribution in [2.75, 3.05) is 0 Å². The van der Waals surface area contributed by atoms with E-state index in [1.165, 1.54) is 0 Å². The molecule has 6 nitrogen and oxygen atoms in total. The Hall–Kier alpha value is -3.45. The first kappa shape index (κ1) is 20.2. The topological polar surface area (TPSA) is 89.6 Å². The Morgan fingerprint density at radius 2 is 1.67 bits per heavy atom. The molecule has 1 fully saturated rings. The Bertz CT molecular complexity index is 1350. The van der Waals surface area contributed by atoms with E-state index in [2.05, 4.69) is 47.5 Å². The van der Waals surface area contributed by atoms with Crippen molar-refractivity contribution < 1.29 is 4.59 Å². The van der Waals surface area contributed by atoms with Crippen LogP contribution in [-0.4, -0.2) is 27.7 Å². The van der Waals surface area contributed by atoms with E-state index < -0.39 is 0 Å². The van der Waals surface area contributed by atoms with E-state index in [1.54, 1.807) is 6.20 Å². The molecular weight excluding hydrogens is 408 g/mol. The predicted molar refractivity (Wildman–Crippen MR) is 133 cm³/mol. The highest BCUT2D eigenvalue weighted by molar-refractivity contribution is 6.02. The van der Waals surface area contributed by atoms with Crippen LogP contribution in [0.5, 0.6) is 0 Å². The average Bonchev–Trinajstić information content (AvgIpc) is 3.17. The van der Waals surface area contributed by atoms with E-state index in [0.29, 0.717) is 12.0 Å². The minimum atomic E-state index is 0.0469. The third-order valence-electron chi connectivity index (χ3n) is 7.00. The van der Waals surface area contributed by atoms with Gasteiger partial charge in [-0.3, -0.25) is 4.99 Å². The highest BCUT2D eigenvalue weighted by Gasteiger charge is 2.46. The van der Waals surface area contributed by atoms with Gasteiger partial charge in [-0.2, -0.15) is 10.8 Å². The maximum absolute atomic E-state index is 6.96. The summed E-state index contributed by atoms with van der Waals surface area (Å²) in [6.07, 6.45) is 9.65. The van der Waals surface area contributed by atoms with Crippen molar-refractivity contribution in [1.29, 1.82) is 0 Å². The van der Waals surface area contributed by atoms with Gasteiger partial charge in [0.1, 0.15) is 11.9 Å². The van der Waals surface area contributed by atoms with Gasteiger partial charge in [0.25, 0.3) is 5.84 Å². The van der Waals surface area contributed by atoms with Crippen molar-refractivity contribution in [1.82, 2.24) is 4.98 Å². The SMILES string of the molecule is NC1CCC(C2=C3C=NC=C[N+]3(N)C(c3ccc4ccc(-c5ccccc5)nc4c3)=N2)CC1. The van der Waals surface area contributed by atoms with Crippen molar-refractivity contribution >= 4 is 23.0 Å².